The number of rotatable bonds is 2. The average molecular weight is 342 g/mol. The first kappa shape index (κ1) is 13.8. The Morgan fingerprint density at radius 1 is 1.50 bits per heavy atom. The van der Waals surface area contributed by atoms with Gasteiger partial charge in [0.25, 0.3) is 0 Å². The lowest BCUT2D eigenvalue weighted by Crippen LogP contribution is -1.97. The summed E-state index contributed by atoms with van der Waals surface area (Å²) in [6, 6.07) is 5.98. The minimum absolute atomic E-state index is 0.732. The van der Waals surface area contributed by atoms with E-state index in [1.807, 2.05) is 38.1 Å². The Bertz CT molecular complexity index is 633. The van der Waals surface area contributed by atoms with Crippen molar-refractivity contribution in [3.63, 3.8) is 0 Å². The van der Waals surface area contributed by atoms with Gasteiger partial charge in [0.2, 0.25) is 0 Å². The van der Waals surface area contributed by atoms with E-state index in [9.17, 15) is 0 Å². The highest BCUT2D eigenvalue weighted by Crippen LogP contribution is 2.26. The smallest absolute Gasteiger partial charge is 0.0691 e. The van der Waals surface area contributed by atoms with Crippen LogP contribution in [-0.2, 0) is 19.0 Å². The van der Waals surface area contributed by atoms with E-state index in [0.717, 1.165) is 43.0 Å². The summed E-state index contributed by atoms with van der Waals surface area (Å²) in [5, 5.41) is 1.79. The molecule has 0 bridgehead atoms. The molecule has 2 aromatic rings. The fraction of sp³-hybridized carbons (Fsp3) is 0.214. The predicted octanol–water partition coefficient (Wildman–Crippen LogP) is 4.90. The average Bonchev–Trinajstić information content (AvgIpc) is 2.30. The van der Waals surface area contributed by atoms with Crippen molar-refractivity contribution in [2.24, 2.45) is 0 Å². The highest BCUT2D eigenvalue weighted by atomic mass is 79.9. The molecule has 0 fully saturated rings. The van der Waals surface area contributed by atoms with Crippen molar-refractivity contribution >= 4 is 51.1 Å². The van der Waals surface area contributed by atoms with Gasteiger partial charge in [0.15, 0.2) is 0 Å². The third-order valence-electron chi connectivity index (χ3n) is 2.79. The molecule has 1 aromatic carbocycles. The number of benzene rings is 1. The molecule has 0 radical (unpaired) electrons. The second kappa shape index (κ2) is 5.55. The van der Waals surface area contributed by atoms with Gasteiger partial charge in [0.05, 0.1) is 5.52 Å². The minimum atomic E-state index is 0.732. The molecule has 0 unspecified atom stereocenters. The van der Waals surface area contributed by atoms with Crippen LogP contribution in [0.15, 0.2) is 38.7 Å². The second-order valence-corrected chi connectivity index (χ2v) is 6.08. The van der Waals surface area contributed by atoms with Crippen molar-refractivity contribution in [1.82, 2.24) is 4.98 Å². The molecule has 94 valence electrons. The number of fused-ring (bicyclic) bond motifs is 1. The largest absolute Gasteiger partial charge is 0.779 e. The molecule has 18 heavy (non-hydrogen) atoms. The van der Waals surface area contributed by atoms with Gasteiger partial charge in [0.1, 0.15) is 0 Å². The Kier molecular flexibility index (Phi) is 4.25. The van der Waals surface area contributed by atoms with Gasteiger partial charge in [-0.3, -0.25) is 4.98 Å². The molecule has 0 aliphatic rings. The van der Waals surface area contributed by atoms with Crippen molar-refractivity contribution in [1.29, 1.82) is 0 Å². The van der Waals surface area contributed by atoms with Crippen LogP contribution in [0.3, 0.4) is 0 Å². The second-order valence-electron chi connectivity index (χ2n) is 4.16. The van der Waals surface area contributed by atoms with E-state index < -0.39 is 0 Å². The highest BCUT2D eigenvalue weighted by molar-refractivity contribution is 9.10. The molecule has 1 heterocycles. The third-order valence-corrected chi connectivity index (χ3v) is 3.90. The first-order chi connectivity index (χ1) is 8.49. The number of nitrogens with zero attached hydrogens (tertiary/aromatic N) is 1. The van der Waals surface area contributed by atoms with Crippen LogP contribution in [-0.4, -0.2) is 4.98 Å². The predicted molar refractivity (Wildman–Crippen MR) is 83.1 cm³/mol. The van der Waals surface area contributed by atoms with Gasteiger partial charge in [0, 0.05) is 15.2 Å². The fourth-order valence-corrected chi connectivity index (χ4v) is 2.68. The molecular weight excluding hydrogens is 330 g/mol. The van der Waals surface area contributed by atoms with E-state index in [4.69, 9.17) is 24.2 Å². The molecule has 0 aliphatic heterocycles. The van der Waals surface area contributed by atoms with E-state index in [1.54, 1.807) is 0 Å². The van der Waals surface area contributed by atoms with Crippen LogP contribution < -0.4 is 0 Å². The summed E-state index contributed by atoms with van der Waals surface area (Å²) in [5.41, 5.74) is 3.00. The van der Waals surface area contributed by atoms with Gasteiger partial charge < -0.3 is 12.6 Å². The lowest BCUT2D eigenvalue weighted by molar-refractivity contribution is 1.08. The zero-order chi connectivity index (χ0) is 13.3. The Hall–Kier alpha value is -0.640. The summed E-state index contributed by atoms with van der Waals surface area (Å²) in [5.74, 6) is 0. The maximum atomic E-state index is 5.87. The van der Waals surface area contributed by atoms with Gasteiger partial charge in [-0.05, 0) is 49.4 Å². The molecule has 1 nitrogen and oxygen atoms in total. The van der Waals surface area contributed by atoms with Crippen LogP contribution >= 0.6 is 27.5 Å². The van der Waals surface area contributed by atoms with Crippen molar-refractivity contribution < 1.29 is 0 Å². The molecule has 0 N–H and O–H groups in total. The molecule has 0 saturated carbocycles. The van der Waals surface area contributed by atoms with Crippen LogP contribution in [0, 0.1) is 6.92 Å². The maximum absolute atomic E-state index is 5.87. The third kappa shape index (κ3) is 2.85. The van der Waals surface area contributed by atoms with Crippen molar-refractivity contribution in [2.75, 3.05) is 0 Å². The molecule has 4 heteroatoms. The number of pyridine rings is 1. The topological polar surface area (TPSA) is 12.9 Å². The van der Waals surface area contributed by atoms with E-state index >= 15 is 0 Å². The van der Waals surface area contributed by atoms with Crippen molar-refractivity contribution in [2.45, 2.75) is 25.2 Å². The Balaban J connectivity index is 2.63. The summed E-state index contributed by atoms with van der Waals surface area (Å²) < 4.78 is 1.02. The SMILES string of the molecule is C/C(Cl)=C/Cc1c(C)nc2ccc(Br)cc2c1[S-]. The Labute approximate surface area is 126 Å². The van der Waals surface area contributed by atoms with Gasteiger partial charge in [-0.25, -0.2) is 0 Å². The monoisotopic (exact) mass is 340 g/mol. The quantitative estimate of drug-likeness (QED) is 0.721. The Morgan fingerprint density at radius 2 is 2.22 bits per heavy atom. The molecule has 0 amide bonds. The van der Waals surface area contributed by atoms with Crippen LogP contribution in [0.25, 0.3) is 10.9 Å². The van der Waals surface area contributed by atoms with Gasteiger partial charge in [-0.15, -0.1) is 0 Å². The first-order valence-corrected chi connectivity index (χ1v) is 7.15. The van der Waals surface area contributed by atoms with Gasteiger partial charge in [-0.1, -0.05) is 33.6 Å². The first-order valence-electron chi connectivity index (χ1n) is 5.57. The van der Waals surface area contributed by atoms with Crippen molar-refractivity contribution in [3.8, 4) is 0 Å². The van der Waals surface area contributed by atoms with Gasteiger partial charge in [-0.2, -0.15) is 4.90 Å². The number of hydrogen-bond donors (Lipinski definition) is 0. The zero-order valence-electron chi connectivity index (χ0n) is 10.1. The molecule has 1 aromatic heterocycles. The molecular formula is C14H12BrClNS-. The molecule has 0 atom stereocenters. The number of hydrogen-bond acceptors (Lipinski definition) is 2. The number of allylic oxidation sites excluding steroid dienone is 2. The van der Waals surface area contributed by atoms with E-state index in [-0.39, 0.29) is 0 Å². The normalized spacial score (nSPS) is 12.1. The minimum Gasteiger partial charge on any atom is -0.779 e. The molecule has 2 rings (SSSR count). The standard InChI is InChI=1S/C14H13BrClNS/c1-8(16)3-5-11-9(2)17-13-6-4-10(15)7-12(13)14(11)18/h3-4,6-7H,5H2,1-2H3,(H,17,18)/p-1/b8-3-. The Morgan fingerprint density at radius 3 is 2.89 bits per heavy atom. The summed E-state index contributed by atoms with van der Waals surface area (Å²) in [6.45, 7) is 3.86. The lowest BCUT2D eigenvalue weighted by Gasteiger charge is -2.19. The number of halogens is 2. The summed E-state index contributed by atoms with van der Waals surface area (Å²) in [6.07, 6.45) is 2.70. The van der Waals surface area contributed by atoms with Crippen molar-refractivity contribution in [3.05, 3.63) is 45.0 Å². The summed E-state index contributed by atoms with van der Waals surface area (Å²) >= 11 is 14.9. The number of aromatic nitrogens is 1. The summed E-state index contributed by atoms with van der Waals surface area (Å²) in [4.78, 5) is 5.46. The zero-order valence-corrected chi connectivity index (χ0v) is 13.3. The van der Waals surface area contributed by atoms with Gasteiger partial charge >= 0.3 is 0 Å². The fourth-order valence-electron chi connectivity index (χ4n) is 1.85. The van der Waals surface area contributed by atoms with Crippen LogP contribution in [0.2, 0.25) is 0 Å². The summed E-state index contributed by atoms with van der Waals surface area (Å²) in [7, 11) is 0. The molecule has 0 spiro atoms. The maximum Gasteiger partial charge on any atom is 0.0691 e. The number of aryl methyl sites for hydroxylation is 1. The van der Waals surface area contributed by atoms with Crippen LogP contribution in [0.4, 0.5) is 0 Å². The lowest BCUT2D eigenvalue weighted by atomic mass is 10.1. The van der Waals surface area contributed by atoms with E-state index in [0.29, 0.717) is 0 Å². The van der Waals surface area contributed by atoms with E-state index in [2.05, 4.69) is 20.9 Å². The van der Waals surface area contributed by atoms with Crippen LogP contribution in [0.1, 0.15) is 18.2 Å². The molecule has 0 saturated heterocycles. The highest BCUT2D eigenvalue weighted by Gasteiger charge is 2.04. The van der Waals surface area contributed by atoms with E-state index in [1.165, 1.54) is 0 Å². The van der Waals surface area contributed by atoms with Crippen LogP contribution in [0.5, 0.6) is 0 Å². The molecule has 0 aliphatic carbocycles.